The smallest absolute Gasteiger partial charge is 0.251 e. The summed E-state index contributed by atoms with van der Waals surface area (Å²) < 4.78 is 12.7. The van der Waals surface area contributed by atoms with Gasteiger partial charge in [-0.1, -0.05) is 25.1 Å². The van der Waals surface area contributed by atoms with Gasteiger partial charge in [0, 0.05) is 24.5 Å². The number of imidazole rings is 1. The van der Waals surface area contributed by atoms with Gasteiger partial charge in [-0.05, 0) is 48.7 Å². The molecule has 0 spiro atoms. The highest BCUT2D eigenvalue weighted by molar-refractivity contribution is 5.94. The Morgan fingerprint density at radius 2 is 1.83 bits per heavy atom. The first kappa shape index (κ1) is 20.5. The number of ether oxygens (including phenoxy) is 2. The minimum absolute atomic E-state index is 0.100. The fourth-order valence-corrected chi connectivity index (χ4v) is 3.26. The second-order valence-corrected chi connectivity index (χ2v) is 6.85. The molecular weight excluding hydrogens is 366 g/mol. The third-order valence-corrected chi connectivity index (χ3v) is 5.02. The molecule has 6 heteroatoms. The maximum absolute atomic E-state index is 12.8. The van der Waals surface area contributed by atoms with Crippen molar-refractivity contribution in [2.75, 3.05) is 14.2 Å². The molecule has 1 heterocycles. The van der Waals surface area contributed by atoms with Crippen molar-refractivity contribution in [3.05, 3.63) is 77.4 Å². The number of hydrogen-bond acceptors (Lipinski definition) is 4. The molecule has 152 valence electrons. The second kappa shape index (κ2) is 9.28. The molecule has 0 aliphatic heterocycles. The van der Waals surface area contributed by atoms with Gasteiger partial charge >= 0.3 is 0 Å². The quantitative estimate of drug-likeness (QED) is 0.625. The van der Waals surface area contributed by atoms with Crippen LogP contribution >= 0.6 is 0 Å². The van der Waals surface area contributed by atoms with Gasteiger partial charge in [0.2, 0.25) is 0 Å². The average Bonchev–Trinajstić information content (AvgIpc) is 3.16. The van der Waals surface area contributed by atoms with E-state index in [0.717, 1.165) is 29.9 Å². The fraction of sp³-hybridized carbons (Fsp3) is 0.304. The van der Waals surface area contributed by atoms with E-state index in [1.165, 1.54) is 0 Å². The number of aromatic nitrogens is 2. The lowest BCUT2D eigenvalue weighted by Crippen LogP contribution is -2.28. The molecule has 3 rings (SSSR count). The van der Waals surface area contributed by atoms with Gasteiger partial charge < -0.3 is 19.4 Å². The maximum Gasteiger partial charge on any atom is 0.251 e. The van der Waals surface area contributed by atoms with Crippen LogP contribution < -0.4 is 14.8 Å². The van der Waals surface area contributed by atoms with Gasteiger partial charge in [-0.25, -0.2) is 4.98 Å². The van der Waals surface area contributed by atoms with Crippen molar-refractivity contribution in [1.82, 2.24) is 14.9 Å². The van der Waals surface area contributed by atoms with Crippen LogP contribution in [0.25, 0.3) is 0 Å². The lowest BCUT2D eigenvalue weighted by molar-refractivity contribution is 0.0935. The molecule has 0 aliphatic rings. The zero-order valence-electron chi connectivity index (χ0n) is 17.3. The van der Waals surface area contributed by atoms with E-state index in [4.69, 9.17) is 9.47 Å². The van der Waals surface area contributed by atoms with Crippen LogP contribution in [0.15, 0.2) is 54.9 Å². The van der Waals surface area contributed by atoms with Crippen LogP contribution in [0.5, 0.6) is 11.5 Å². The van der Waals surface area contributed by atoms with Crippen molar-refractivity contribution in [3.8, 4) is 11.5 Å². The number of hydrogen-bond donors (Lipinski definition) is 1. The molecule has 0 saturated carbocycles. The van der Waals surface area contributed by atoms with Crippen molar-refractivity contribution in [2.24, 2.45) is 0 Å². The van der Waals surface area contributed by atoms with Crippen LogP contribution in [0, 0.1) is 6.92 Å². The predicted molar refractivity (Wildman–Crippen MR) is 113 cm³/mol. The molecule has 1 aromatic heterocycles. The van der Waals surface area contributed by atoms with Gasteiger partial charge in [0.1, 0.15) is 5.82 Å². The maximum atomic E-state index is 12.8. The summed E-state index contributed by atoms with van der Waals surface area (Å²) in [5, 5.41) is 3.11. The van der Waals surface area contributed by atoms with Crippen LogP contribution in [-0.4, -0.2) is 29.7 Å². The molecule has 3 aromatic rings. The van der Waals surface area contributed by atoms with Crippen LogP contribution in [0.3, 0.4) is 0 Å². The van der Waals surface area contributed by atoms with E-state index in [1.807, 2.05) is 62.5 Å². The van der Waals surface area contributed by atoms with E-state index in [1.54, 1.807) is 20.4 Å². The largest absolute Gasteiger partial charge is 0.493 e. The summed E-state index contributed by atoms with van der Waals surface area (Å²) in [5.74, 6) is 2.18. The Morgan fingerprint density at radius 1 is 1.10 bits per heavy atom. The summed E-state index contributed by atoms with van der Waals surface area (Å²) in [7, 11) is 3.21. The van der Waals surface area contributed by atoms with Crippen molar-refractivity contribution < 1.29 is 14.3 Å². The standard InChI is InChI=1S/C23H27N3O3/c1-5-20(19-10-11-21(28-3)22(14-19)29-4)25-23(27)18-8-6-17(7-9-18)15-26-13-12-24-16(26)2/h6-14,20H,5,15H2,1-4H3,(H,25,27). The van der Waals surface area contributed by atoms with Gasteiger partial charge in [-0.2, -0.15) is 0 Å². The fourth-order valence-electron chi connectivity index (χ4n) is 3.26. The molecule has 0 radical (unpaired) electrons. The number of methoxy groups -OCH3 is 2. The summed E-state index contributed by atoms with van der Waals surface area (Å²) in [6.07, 6.45) is 4.50. The van der Waals surface area contributed by atoms with Gasteiger partial charge in [0.25, 0.3) is 5.91 Å². The van der Waals surface area contributed by atoms with E-state index in [2.05, 4.69) is 14.9 Å². The highest BCUT2D eigenvalue weighted by Crippen LogP contribution is 2.31. The Morgan fingerprint density at radius 3 is 2.41 bits per heavy atom. The highest BCUT2D eigenvalue weighted by Gasteiger charge is 2.16. The van der Waals surface area contributed by atoms with E-state index >= 15 is 0 Å². The highest BCUT2D eigenvalue weighted by atomic mass is 16.5. The molecule has 1 amide bonds. The summed E-state index contributed by atoms with van der Waals surface area (Å²) in [6.45, 7) is 4.75. The molecule has 2 aromatic carbocycles. The first-order valence-corrected chi connectivity index (χ1v) is 9.65. The molecule has 0 fully saturated rings. The van der Waals surface area contributed by atoms with Gasteiger partial charge in [0.05, 0.1) is 20.3 Å². The molecule has 0 bridgehead atoms. The average molecular weight is 393 g/mol. The normalized spacial score (nSPS) is 11.7. The minimum atomic E-state index is -0.115. The predicted octanol–water partition coefficient (Wildman–Crippen LogP) is 4.14. The van der Waals surface area contributed by atoms with Gasteiger partial charge in [0.15, 0.2) is 11.5 Å². The van der Waals surface area contributed by atoms with Gasteiger partial charge in [-0.15, -0.1) is 0 Å². The number of nitrogens with zero attached hydrogens (tertiary/aromatic N) is 2. The zero-order chi connectivity index (χ0) is 20.8. The van der Waals surface area contributed by atoms with Crippen molar-refractivity contribution in [2.45, 2.75) is 32.9 Å². The molecule has 1 atom stereocenters. The molecule has 29 heavy (non-hydrogen) atoms. The molecule has 0 saturated heterocycles. The Kier molecular flexibility index (Phi) is 6.54. The summed E-state index contributed by atoms with van der Waals surface area (Å²) in [6, 6.07) is 13.3. The van der Waals surface area contributed by atoms with Crippen LogP contribution in [0.1, 0.15) is 46.7 Å². The van der Waals surface area contributed by atoms with Crippen LogP contribution in [-0.2, 0) is 6.54 Å². The first-order valence-electron chi connectivity index (χ1n) is 9.65. The molecular formula is C23H27N3O3. The van der Waals surface area contributed by atoms with Crippen molar-refractivity contribution in [3.63, 3.8) is 0 Å². The number of rotatable bonds is 8. The van der Waals surface area contributed by atoms with Crippen LogP contribution in [0.4, 0.5) is 0 Å². The Bertz CT molecular complexity index is 964. The number of carbonyl (C=O) groups excluding carboxylic acids is 1. The number of aryl methyl sites for hydroxylation is 1. The zero-order valence-corrected chi connectivity index (χ0v) is 17.3. The van der Waals surface area contributed by atoms with Crippen LogP contribution in [0.2, 0.25) is 0 Å². The second-order valence-electron chi connectivity index (χ2n) is 6.85. The number of carbonyl (C=O) groups is 1. The van der Waals surface area contributed by atoms with E-state index in [9.17, 15) is 4.79 Å². The molecule has 1 unspecified atom stereocenters. The SMILES string of the molecule is CCC(NC(=O)c1ccc(Cn2ccnc2C)cc1)c1ccc(OC)c(OC)c1. The van der Waals surface area contributed by atoms with Crippen molar-refractivity contribution in [1.29, 1.82) is 0 Å². The topological polar surface area (TPSA) is 65.4 Å². The van der Waals surface area contributed by atoms with E-state index in [0.29, 0.717) is 17.1 Å². The summed E-state index contributed by atoms with van der Waals surface area (Å²) in [4.78, 5) is 17.0. The lowest BCUT2D eigenvalue weighted by Gasteiger charge is -2.19. The minimum Gasteiger partial charge on any atom is -0.493 e. The molecule has 6 nitrogen and oxygen atoms in total. The van der Waals surface area contributed by atoms with E-state index < -0.39 is 0 Å². The summed E-state index contributed by atoms with van der Waals surface area (Å²) >= 11 is 0. The number of nitrogens with one attached hydrogen (secondary N) is 1. The number of benzene rings is 2. The lowest BCUT2D eigenvalue weighted by atomic mass is 10.0. The summed E-state index contributed by atoms with van der Waals surface area (Å²) in [5.41, 5.74) is 2.73. The third kappa shape index (κ3) is 4.77. The van der Waals surface area contributed by atoms with Gasteiger partial charge in [-0.3, -0.25) is 4.79 Å². The Labute approximate surface area is 171 Å². The first-order chi connectivity index (χ1) is 14.0. The Hall–Kier alpha value is -3.28. The number of amides is 1. The molecule has 1 N–H and O–H groups in total. The monoisotopic (exact) mass is 393 g/mol. The molecule has 0 aliphatic carbocycles. The van der Waals surface area contributed by atoms with Crippen molar-refractivity contribution >= 4 is 5.91 Å². The third-order valence-electron chi connectivity index (χ3n) is 5.02. The Balaban J connectivity index is 1.70. The van der Waals surface area contributed by atoms with E-state index in [-0.39, 0.29) is 11.9 Å².